The number of carbonyl (C=O) groups excluding carboxylic acids is 1. The SMILES string of the molecule is CCCC(=O)OCC.c1ccccc1. The van der Waals surface area contributed by atoms with E-state index < -0.39 is 0 Å². The van der Waals surface area contributed by atoms with Crippen molar-refractivity contribution in [2.45, 2.75) is 26.7 Å². The zero-order chi connectivity index (χ0) is 10.6. The van der Waals surface area contributed by atoms with Crippen molar-refractivity contribution in [3.8, 4) is 0 Å². The average molecular weight is 194 g/mol. The maximum atomic E-state index is 10.4. The van der Waals surface area contributed by atoms with Gasteiger partial charge in [0.05, 0.1) is 6.61 Å². The number of rotatable bonds is 3. The molecule has 0 fully saturated rings. The molecule has 0 heterocycles. The summed E-state index contributed by atoms with van der Waals surface area (Å²) >= 11 is 0. The van der Waals surface area contributed by atoms with E-state index in [2.05, 4.69) is 4.74 Å². The fourth-order valence-electron chi connectivity index (χ4n) is 0.822. The molecule has 0 aliphatic carbocycles. The maximum Gasteiger partial charge on any atom is 0.305 e. The van der Waals surface area contributed by atoms with E-state index in [9.17, 15) is 4.79 Å². The van der Waals surface area contributed by atoms with E-state index in [1.165, 1.54) is 0 Å². The van der Waals surface area contributed by atoms with Gasteiger partial charge in [-0.05, 0) is 13.3 Å². The van der Waals surface area contributed by atoms with E-state index in [0.29, 0.717) is 13.0 Å². The van der Waals surface area contributed by atoms with Crippen LogP contribution in [-0.4, -0.2) is 12.6 Å². The Morgan fingerprint density at radius 3 is 1.71 bits per heavy atom. The molecule has 1 aromatic carbocycles. The molecular weight excluding hydrogens is 176 g/mol. The Hall–Kier alpha value is -1.31. The second kappa shape index (κ2) is 9.78. The number of benzene rings is 1. The summed E-state index contributed by atoms with van der Waals surface area (Å²) in [6.45, 7) is 4.27. The molecule has 0 saturated heterocycles. The molecule has 0 aromatic heterocycles. The summed E-state index contributed by atoms with van der Waals surface area (Å²) in [6, 6.07) is 12.0. The van der Waals surface area contributed by atoms with Gasteiger partial charge in [0.25, 0.3) is 0 Å². The lowest BCUT2D eigenvalue weighted by Crippen LogP contribution is -2.01. The average Bonchev–Trinajstić information content (AvgIpc) is 2.22. The van der Waals surface area contributed by atoms with Crippen LogP contribution in [-0.2, 0) is 9.53 Å². The predicted molar refractivity (Wildman–Crippen MR) is 58.0 cm³/mol. The molecule has 0 bridgehead atoms. The second-order valence-corrected chi connectivity index (χ2v) is 2.71. The lowest BCUT2D eigenvalue weighted by Gasteiger charge is -1.96. The molecule has 0 unspecified atom stereocenters. The van der Waals surface area contributed by atoms with Crippen molar-refractivity contribution in [1.82, 2.24) is 0 Å². The molecule has 0 N–H and O–H groups in total. The smallest absolute Gasteiger partial charge is 0.305 e. The van der Waals surface area contributed by atoms with Crippen molar-refractivity contribution in [2.75, 3.05) is 6.61 Å². The van der Waals surface area contributed by atoms with E-state index in [1.807, 2.05) is 50.2 Å². The van der Waals surface area contributed by atoms with Gasteiger partial charge in [0.1, 0.15) is 0 Å². The third-order valence-electron chi connectivity index (χ3n) is 1.43. The zero-order valence-corrected chi connectivity index (χ0v) is 8.90. The maximum absolute atomic E-state index is 10.4. The van der Waals surface area contributed by atoms with Crippen molar-refractivity contribution >= 4 is 5.97 Å². The summed E-state index contributed by atoms with van der Waals surface area (Å²) in [4.78, 5) is 10.4. The topological polar surface area (TPSA) is 26.3 Å². The summed E-state index contributed by atoms with van der Waals surface area (Å²) in [5, 5.41) is 0. The van der Waals surface area contributed by atoms with Crippen LogP contribution in [0, 0.1) is 0 Å². The van der Waals surface area contributed by atoms with Crippen LogP contribution in [0.1, 0.15) is 26.7 Å². The Kier molecular flexibility index (Phi) is 8.86. The first-order valence-corrected chi connectivity index (χ1v) is 4.96. The Labute approximate surface area is 85.9 Å². The molecule has 14 heavy (non-hydrogen) atoms. The molecule has 0 radical (unpaired) electrons. The zero-order valence-electron chi connectivity index (χ0n) is 8.90. The van der Waals surface area contributed by atoms with Crippen LogP contribution in [0.3, 0.4) is 0 Å². The number of hydrogen-bond acceptors (Lipinski definition) is 2. The first-order chi connectivity index (χ1) is 6.81. The van der Waals surface area contributed by atoms with Gasteiger partial charge in [0.15, 0.2) is 0 Å². The first-order valence-electron chi connectivity index (χ1n) is 4.96. The normalized spacial score (nSPS) is 8.43. The Bertz CT molecular complexity index is 184. The van der Waals surface area contributed by atoms with Gasteiger partial charge in [0.2, 0.25) is 0 Å². The molecule has 0 spiro atoms. The van der Waals surface area contributed by atoms with E-state index in [1.54, 1.807) is 0 Å². The van der Waals surface area contributed by atoms with E-state index in [4.69, 9.17) is 0 Å². The predicted octanol–water partition coefficient (Wildman–Crippen LogP) is 3.04. The monoisotopic (exact) mass is 194 g/mol. The van der Waals surface area contributed by atoms with Gasteiger partial charge in [-0.3, -0.25) is 4.79 Å². The first kappa shape index (κ1) is 12.7. The highest BCUT2D eigenvalue weighted by Crippen LogP contribution is 1.89. The third-order valence-corrected chi connectivity index (χ3v) is 1.43. The minimum atomic E-state index is -0.0880. The molecule has 0 atom stereocenters. The van der Waals surface area contributed by atoms with Gasteiger partial charge < -0.3 is 4.74 Å². The molecule has 0 saturated carbocycles. The molecular formula is C12H18O2. The fraction of sp³-hybridized carbons (Fsp3) is 0.417. The number of hydrogen-bond donors (Lipinski definition) is 0. The molecule has 78 valence electrons. The summed E-state index contributed by atoms with van der Waals surface area (Å²) in [7, 11) is 0. The molecule has 0 aliphatic rings. The van der Waals surface area contributed by atoms with E-state index in [0.717, 1.165) is 6.42 Å². The highest BCUT2D eigenvalue weighted by Gasteiger charge is 1.95. The number of carbonyl (C=O) groups is 1. The minimum absolute atomic E-state index is 0.0880. The standard InChI is InChI=1S/C6H12O2.C6H6/c1-3-5-6(7)8-4-2;1-2-4-6-5-3-1/h3-5H2,1-2H3;1-6H. The van der Waals surface area contributed by atoms with Gasteiger partial charge in [-0.1, -0.05) is 43.3 Å². The van der Waals surface area contributed by atoms with Crippen LogP contribution in [0.15, 0.2) is 36.4 Å². The van der Waals surface area contributed by atoms with Gasteiger partial charge in [0, 0.05) is 6.42 Å². The molecule has 1 aromatic rings. The number of esters is 1. The largest absolute Gasteiger partial charge is 0.466 e. The minimum Gasteiger partial charge on any atom is -0.466 e. The van der Waals surface area contributed by atoms with E-state index >= 15 is 0 Å². The summed E-state index contributed by atoms with van der Waals surface area (Å²) in [6.07, 6.45) is 1.42. The van der Waals surface area contributed by atoms with Crippen molar-refractivity contribution in [2.24, 2.45) is 0 Å². The summed E-state index contributed by atoms with van der Waals surface area (Å²) < 4.78 is 4.64. The summed E-state index contributed by atoms with van der Waals surface area (Å²) in [5.41, 5.74) is 0. The van der Waals surface area contributed by atoms with Crippen LogP contribution in [0.5, 0.6) is 0 Å². The molecule has 1 rings (SSSR count). The van der Waals surface area contributed by atoms with Gasteiger partial charge in [-0.25, -0.2) is 0 Å². The summed E-state index contributed by atoms with van der Waals surface area (Å²) in [5.74, 6) is -0.0880. The van der Waals surface area contributed by atoms with Crippen molar-refractivity contribution in [1.29, 1.82) is 0 Å². The van der Waals surface area contributed by atoms with Crippen LogP contribution >= 0.6 is 0 Å². The van der Waals surface area contributed by atoms with Gasteiger partial charge in [-0.2, -0.15) is 0 Å². The fourth-order valence-corrected chi connectivity index (χ4v) is 0.822. The van der Waals surface area contributed by atoms with E-state index in [-0.39, 0.29) is 5.97 Å². The van der Waals surface area contributed by atoms with Gasteiger partial charge in [-0.15, -0.1) is 0 Å². The Morgan fingerprint density at radius 2 is 1.43 bits per heavy atom. The lowest BCUT2D eigenvalue weighted by atomic mass is 10.3. The lowest BCUT2D eigenvalue weighted by molar-refractivity contribution is -0.143. The molecule has 2 heteroatoms. The highest BCUT2D eigenvalue weighted by atomic mass is 16.5. The Morgan fingerprint density at radius 1 is 1.00 bits per heavy atom. The van der Waals surface area contributed by atoms with Crippen LogP contribution in [0.25, 0.3) is 0 Å². The van der Waals surface area contributed by atoms with Crippen LogP contribution in [0.2, 0.25) is 0 Å². The molecule has 0 amide bonds. The second-order valence-electron chi connectivity index (χ2n) is 2.71. The van der Waals surface area contributed by atoms with Crippen LogP contribution in [0.4, 0.5) is 0 Å². The van der Waals surface area contributed by atoms with Crippen molar-refractivity contribution < 1.29 is 9.53 Å². The quantitative estimate of drug-likeness (QED) is 0.691. The molecule has 0 aliphatic heterocycles. The van der Waals surface area contributed by atoms with Crippen molar-refractivity contribution in [3.05, 3.63) is 36.4 Å². The van der Waals surface area contributed by atoms with Crippen molar-refractivity contribution in [3.63, 3.8) is 0 Å². The molecule has 2 nitrogen and oxygen atoms in total. The number of ether oxygens (including phenoxy) is 1. The van der Waals surface area contributed by atoms with Crippen LogP contribution < -0.4 is 0 Å². The van der Waals surface area contributed by atoms with Gasteiger partial charge >= 0.3 is 5.97 Å². The third kappa shape index (κ3) is 8.78. The highest BCUT2D eigenvalue weighted by molar-refractivity contribution is 5.69. The Balaban J connectivity index is 0.000000249.